The van der Waals surface area contributed by atoms with E-state index in [2.05, 4.69) is 31.6 Å². The van der Waals surface area contributed by atoms with E-state index in [-0.39, 0.29) is 35.9 Å². The number of amides is 1. The molecule has 2 N–H and O–H groups in total. The molecule has 0 spiro atoms. The van der Waals surface area contributed by atoms with Crippen LogP contribution in [0, 0.1) is 37.5 Å². The van der Waals surface area contributed by atoms with E-state index in [1.54, 1.807) is 32.0 Å². The highest BCUT2D eigenvalue weighted by Crippen LogP contribution is 2.37. The molecule has 1 amide bonds. The highest BCUT2D eigenvalue weighted by Gasteiger charge is 2.38. The molecule has 0 aliphatic heterocycles. The van der Waals surface area contributed by atoms with Gasteiger partial charge in [0.15, 0.2) is 17.2 Å². The van der Waals surface area contributed by atoms with Gasteiger partial charge in [0.25, 0.3) is 5.91 Å². The first-order chi connectivity index (χ1) is 17.1. The second-order valence-corrected chi connectivity index (χ2v) is 7.85. The van der Waals surface area contributed by atoms with Crippen molar-refractivity contribution in [2.45, 2.75) is 26.6 Å². The molecule has 0 atom stereocenters. The highest BCUT2D eigenvalue weighted by atomic mass is 19.4. The third-order valence-corrected chi connectivity index (χ3v) is 5.34. The van der Waals surface area contributed by atoms with Gasteiger partial charge in [-0.1, -0.05) is 5.92 Å². The van der Waals surface area contributed by atoms with Crippen LogP contribution < -0.4 is 10.6 Å². The quantitative estimate of drug-likeness (QED) is 0.395. The lowest BCUT2D eigenvalue weighted by molar-refractivity contribution is -0.141. The lowest BCUT2D eigenvalue weighted by Crippen LogP contribution is -2.25. The van der Waals surface area contributed by atoms with Crippen molar-refractivity contribution in [1.82, 2.24) is 29.5 Å². The Balaban J connectivity index is 1.73. The number of imidazole rings is 1. The third-order valence-electron chi connectivity index (χ3n) is 5.34. The Hall–Kier alpha value is -4.84. The molecule has 0 radical (unpaired) electrons. The number of halogens is 3. The van der Waals surface area contributed by atoms with Crippen LogP contribution in [0.2, 0.25) is 0 Å². The fourth-order valence-corrected chi connectivity index (χ4v) is 3.93. The van der Waals surface area contributed by atoms with Crippen molar-refractivity contribution in [2.24, 2.45) is 0 Å². The Morgan fingerprint density at radius 1 is 1.22 bits per heavy atom. The molecule has 4 rings (SSSR count). The first-order valence-corrected chi connectivity index (χ1v) is 10.6. The second kappa shape index (κ2) is 9.43. The Bertz CT molecular complexity index is 1530. The summed E-state index contributed by atoms with van der Waals surface area (Å²) in [5.41, 5.74) is 1.60. The zero-order valence-electron chi connectivity index (χ0n) is 19.2. The number of nitrogens with one attached hydrogen (secondary N) is 2. The number of rotatable bonds is 6. The van der Waals surface area contributed by atoms with Crippen molar-refractivity contribution in [3.63, 3.8) is 0 Å². The molecule has 182 valence electrons. The topological polar surface area (TPSA) is 113 Å². The molecule has 0 unspecified atom stereocenters. The molecule has 4 aromatic rings. The number of hydrogen-bond donors (Lipinski definition) is 2. The summed E-state index contributed by atoms with van der Waals surface area (Å²) in [6, 6.07) is 5.28. The number of hydrogen-bond acceptors (Lipinski definition) is 6. The second-order valence-electron chi connectivity index (χ2n) is 7.85. The van der Waals surface area contributed by atoms with E-state index in [1.807, 2.05) is 0 Å². The molecule has 12 heteroatoms. The molecule has 36 heavy (non-hydrogen) atoms. The monoisotopic (exact) mass is 492 g/mol. The fourth-order valence-electron chi connectivity index (χ4n) is 3.93. The number of aromatic nitrogens is 5. The Labute approximate surface area is 203 Å². The van der Waals surface area contributed by atoms with Crippen molar-refractivity contribution in [2.75, 3.05) is 11.9 Å². The minimum absolute atomic E-state index is 0.108. The van der Waals surface area contributed by atoms with Crippen LogP contribution in [-0.2, 0) is 12.7 Å². The van der Waals surface area contributed by atoms with Gasteiger partial charge in [-0.2, -0.15) is 23.5 Å². The summed E-state index contributed by atoms with van der Waals surface area (Å²) in [5, 5.41) is 18.2. The smallest absolute Gasteiger partial charge is 0.341 e. The van der Waals surface area contributed by atoms with Gasteiger partial charge >= 0.3 is 6.18 Å². The normalized spacial score (nSPS) is 11.2. The number of terminal acetylenes is 1. The fraction of sp³-hybridized carbons (Fsp3) is 0.208. The SMILES string of the molecule is C#CCNC(=O)c1c(C)cc(Nc2nccn3c(-c4cn(CC#N)nc4C(F)(F)F)cnc23)cc1C. The lowest BCUT2D eigenvalue weighted by Gasteiger charge is -2.14. The van der Waals surface area contributed by atoms with Crippen LogP contribution in [0.3, 0.4) is 0 Å². The van der Waals surface area contributed by atoms with Crippen molar-refractivity contribution in [3.05, 3.63) is 59.3 Å². The summed E-state index contributed by atoms with van der Waals surface area (Å²) in [6.07, 6.45) is 5.85. The summed E-state index contributed by atoms with van der Waals surface area (Å²) >= 11 is 0. The van der Waals surface area contributed by atoms with Crippen LogP contribution in [0.5, 0.6) is 0 Å². The first kappa shape index (κ1) is 24.3. The van der Waals surface area contributed by atoms with Gasteiger partial charge < -0.3 is 10.6 Å². The largest absolute Gasteiger partial charge is 0.435 e. The molecule has 0 bridgehead atoms. The maximum absolute atomic E-state index is 13.6. The number of alkyl halides is 3. The Morgan fingerprint density at radius 3 is 2.58 bits per heavy atom. The molecule has 3 heterocycles. The molecule has 1 aromatic carbocycles. The molecule has 0 saturated carbocycles. The first-order valence-electron chi connectivity index (χ1n) is 10.6. The number of fused-ring (bicyclic) bond motifs is 1. The number of carbonyl (C=O) groups is 1. The van der Waals surface area contributed by atoms with Gasteiger partial charge in [-0.05, 0) is 37.1 Å². The summed E-state index contributed by atoms with van der Waals surface area (Å²) in [5.74, 6) is 2.37. The van der Waals surface area contributed by atoms with E-state index in [4.69, 9.17) is 11.7 Å². The molecule has 9 nitrogen and oxygen atoms in total. The molecule has 0 aliphatic rings. The minimum atomic E-state index is -4.72. The van der Waals surface area contributed by atoms with Gasteiger partial charge in [-0.3, -0.25) is 13.9 Å². The van der Waals surface area contributed by atoms with E-state index < -0.39 is 11.9 Å². The number of nitrogens with zero attached hydrogens (tertiary/aromatic N) is 6. The number of anilines is 2. The molecule has 0 fully saturated rings. The van der Waals surface area contributed by atoms with Gasteiger partial charge in [0.2, 0.25) is 0 Å². The highest BCUT2D eigenvalue weighted by molar-refractivity contribution is 5.98. The maximum atomic E-state index is 13.6. The standard InChI is InChI=1S/C24H19F3N8O/c1-4-6-30-23(36)19-14(2)10-16(11-15(19)3)32-21-22-31-12-18(35(22)9-7-29-21)17-13-34(8-5-28)33-20(17)24(25,26)27/h1,7,9-13H,6,8H2,2-3H3,(H,29,32)(H,30,36). The van der Waals surface area contributed by atoms with E-state index in [9.17, 15) is 18.0 Å². The van der Waals surface area contributed by atoms with Gasteiger partial charge in [0.05, 0.1) is 30.1 Å². The molecular weight excluding hydrogens is 473 g/mol. The lowest BCUT2D eigenvalue weighted by atomic mass is 10.0. The van der Waals surface area contributed by atoms with Gasteiger partial charge in [-0.25, -0.2) is 9.97 Å². The van der Waals surface area contributed by atoms with Crippen LogP contribution in [0.4, 0.5) is 24.7 Å². The van der Waals surface area contributed by atoms with Crippen LogP contribution >= 0.6 is 0 Å². The zero-order valence-corrected chi connectivity index (χ0v) is 19.2. The molecular formula is C24H19F3N8O. The van der Waals surface area contributed by atoms with E-state index in [0.29, 0.717) is 28.2 Å². The molecule has 3 aromatic heterocycles. The van der Waals surface area contributed by atoms with Gasteiger partial charge in [-0.15, -0.1) is 6.42 Å². The van der Waals surface area contributed by atoms with Crippen molar-refractivity contribution < 1.29 is 18.0 Å². The number of benzene rings is 1. The van der Waals surface area contributed by atoms with Crippen molar-refractivity contribution in [3.8, 4) is 29.7 Å². The summed E-state index contributed by atoms with van der Waals surface area (Å²) in [4.78, 5) is 21.0. The summed E-state index contributed by atoms with van der Waals surface area (Å²) < 4.78 is 43.3. The molecule has 0 saturated heterocycles. The zero-order chi connectivity index (χ0) is 26.0. The minimum Gasteiger partial charge on any atom is -0.341 e. The van der Waals surface area contributed by atoms with Crippen LogP contribution in [-0.4, -0.2) is 36.6 Å². The van der Waals surface area contributed by atoms with Crippen molar-refractivity contribution >= 4 is 23.1 Å². The van der Waals surface area contributed by atoms with Crippen LogP contribution in [0.25, 0.3) is 16.9 Å². The number of carbonyl (C=O) groups excluding carboxylic acids is 1. The van der Waals surface area contributed by atoms with E-state index in [1.165, 1.54) is 29.2 Å². The van der Waals surface area contributed by atoms with Crippen LogP contribution in [0.1, 0.15) is 27.2 Å². The average molecular weight is 492 g/mol. The van der Waals surface area contributed by atoms with E-state index >= 15 is 0 Å². The summed E-state index contributed by atoms with van der Waals surface area (Å²) in [6.45, 7) is 3.34. The predicted molar refractivity (Wildman–Crippen MR) is 125 cm³/mol. The number of nitriles is 1. The predicted octanol–water partition coefficient (Wildman–Crippen LogP) is 3.86. The Kier molecular flexibility index (Phi) is 6.36. The Morgan fingerprint density at radius 2 is 1.94 bits per heavy atom. The third kappa shape index (κ3) is 4.57. The van der Waals surface area contributed by atoms with Gasteiger partial charge in [0, 0.05) is 29.8 Å². The van der Waals surface area contributed by atoms with E-state index in [0.717, 1.165) is 4.68 Å². The van der Waals surface area contributed by atoms with Crippen LogP contribution in [0.15, 0.2) is 36.9 Å². The maximum Gasteiger partial charge on any atom is 0.435 e. The molecule has 0 aliphatic carbocycles. The van der Waals surface area contributed by atoms with Gasteiger partial charge in [0.1, 0.15) is 6.54 Å². The number of aryl methyl sites for hydroxylation is 2. The average Bonchev–Trinajstić information content (AvgIpc) is 3.42. The van der Waals surface area contributed by atoms with Crippen molar-refractivity contribution in [1.29, 1.82) is 5.26 Å². The summed E-state index contributed by atoms with van der Waals surface area (Å²) in [7, 11) is 0.